The molecular weight excluding hydrogens is 384 g/mol. The fourth-order valence-corrected chi connectivity index (χ4v) is 3.56. The zero-order chi connectivity index (χ0) is 20.4. The summed E-state index contributed by atoms with van der Waals surface area (Å²) in [6.45, 7) is -0.971. The summed E-state index contributed by atoms with van der Waals surface area (Å²) < 4.78 is 60.0. The lowest BCUT2D eigenvalue weighted by Crippen LogP contribution is -2.50. The first-order chi connectivity index (χ1) is 14.1. The van der Waals surface area contributed by atoms with Gasteiger partial charge in [-0.25, -0.2) is 17.6 Å². The number of hydrogen-bond acceptors (Lipinski definition) is 3. The monoisotopic (exact) mass is 404 g/mol. The van der Waals surface area contributed by atoms with Gasteiger partial charge in [0.05, 0.1) is 0 Å². The summed E-state index contributed by atoms with van der Waals surface area (Å²) in [6.07, 6.45) is 2.68. The molecule has 3 aromatic rings. The predicted octanol–water partition coefficient (Wildman–Crippen LogP) is 5.19. The van der Waals surface area contributed by atoms with Crippen LogP contribution in [-0.2, 0) is 6.54 Å². The summed E-state index contributed by atoms with van der Waals surface area (Å²) in [5.41, 5.74) is 0.211. The van der Waals surface area contributed by atoms with Crippen molar-refractivity contribution in [2.24, 2.45) is 0 Å². The van der Waals surface area contributed by atoms with Gasteiger partial charge in [0, 0.05) is 41.5 Å². The molecular formula is C22H20F4N2O. The van der Waals surface area contributed by atoms with E-state index in [9.17, 15) is 17.6 Å². The largest absolute Gasteiger partial charge is 0.489 e. The van der Waals surface area contributed by atoms with E-state index in [0.717, 1.165) is 29.7 Å². The Kier molecular flexibility index (Phi) is 5.67. The van der Waals surface area contributed by atoms with Gasteiger partial charge in [-0.3, -0.25) is 4.98 Å². The number of hydrogen-bond donors (Lipinski definition) is 1. The summed E-state index contributed by atoms with van der Waals surface area (Å²) in [5, 5.41) is 4.96. The second kappa shape index (κ2) is 8.37. The molecule has 1 N–H and O–H groups in total. The molecule has 7 heteroatoms. The van der Waals surface area contributed by atoms with Crippen molar-refractivity contribution in [2.75, 3.05) is 6.67 Å². The molecule has 0 aliphatic heterocycles. The third-order valence-electron chi connectivity index (χ3n) is 5.35. The molecule has 1 aliphatic carbocycles. The molecule has 2 aromatic carbocycles. The zero-order valence-corrected chi connectivity index (χ0v) is 15.5. The molecule has 1 aromatic heterocycles. The SMILES string of the molecule is FC[C@H](F)c1cc(O[C@@H]2CC[C@H]2NCc2c(F)ccc3cnccc23)ccc1F. The van der Waals surface area contributed by atoms with Crippen LogP contribution in [-0.4, -0.2) is 23.8 Å². The Bertz CT molecular complexity index is 1010. The number of alkyl halides is 2. The van der Waals surface area contributed by atoms with Crippen LogP contribution in [0.3, 0.4) is 0 Å². The van der Waals surface area contributed by atoms with E-state index in [2.05, 4.69) is 10.3 Å². The molecule has 0 unspecified atom stereocenters. The van der Waals surface area contributed by atoms with Gasteiger partial charge in [0.2, 0.25) is 0 Å². The highest BCUT2D eigenvalue weighted by Gasteiger charge is 2.33. The van der Waals surface area contributed by atoms with Crippen LogP contribution in [0.2, 0.25) is 0 Å². The van der Waals surface area contributed by atoms with Gasteiger partial charge in [-0.2, -0.15) is 0 Å². The highest BCUT2D eigenvalue weighted by atomic mass is 19.2. The lowest BCUT2D eigenvalue weighted by Gasteiger charge is -2.37. The maximum Gasteiger partial charge on any atom is 0.156 e. The van der Waals surface area contributed by atoms with Crippen molar-refractivity contribution >= 4 is 10.8 Å². The van der Waals surface area contributed by atoms with Gasteiger partial charge in [0.15, 0.2) is 6.17 Å². The van der Waals surface area contributed by atoms with Crippen LogP contribution in [0.15, 0.2) is 48.8 Å². The Morgan fingerprint density at radius 3 is 2.69 bits per heavy atom. The van der Waals surface area contributed by atoms with Crippen molar-refractivity contribution in [2.45, 2.75) is 37.7 Å². The second-order valence-electron chi connectivity index (χ2n) is 7.15. The van der Waals surface area contributed by atoms with Crippen LogP contribution in [0.5, 0.6) is 5.75 Å². The number of nitrogens with zero attached hydrogens (tertiary/aromatic N) is 1. The minimum atomic E-state index is -2.02. The van der Waals surface area contributed by atoms with Crippen LogP contribution in [0.4, 0.5) is 17.6 Å². The molecule has 1 fully saturated rings. The van der Waals surface area contributed by atoms with Gasteiger partial charge in [-0.15, -0.1) is 0 Å². The average molecular weight is 404 g/mol. The Balaban J connectivity index is 1.43. The standard InChI is InChI=1S/C22H20F4N2O/c23-10-20(26)16-9-14(2-4-18(16)24)29-22-6-5-21(22)28-12-17-15-7-8-27-11-13(15)1-3-19(17)25/h1-4,7-9,11,20-22,28H,5-6,10,12H2/t20-,21+,22+/m0/s1. The van der Waals surface area contributed by atoms with E-state index in [1.165, 1.54) is 18.2 Å². The van der Waals surface area contributed by atoms with Crippen molar-refractivity contribution in [3.05, 3.63) is 71.6 Å². The molecule has 0 saturated heterocycles. The Labute approximate surface area is 165 Å². The van der Waals surface area contributed by atoms with Crippen molar-refractivity contribution in [3.8, 4) is 5.75 Å². The van der Waals surface area contributed by atoms with Gasteiger partial charge >= 0.3 is 0 Å². The van der Waals surface area contributed by atoms with Crippen molar-refractivity contribution in [3.63, 3.8) is 0 Å². The molecule has 1 heterocycles. The zero-order valence-electron chi connectivity index (χ0n) is 15.5. The number of pyridine rings is 1. The number of nitrogens with one attached hydrogen (secondary N) is 1. The third kappa shape index (κ3) is 4.05. The van der Waals surface area contributed by atoms with Crippen molar-refractivity contribution < 1.29 is 22.3 Å². The molecule has 0 bridgehead atoms. The Hall–Kier alpha value is -2.67. The molecule has 0 radical (unpaired) electrons. The van der Waals surface area contributed by atoms with Crippen LogP contribution in [0.1, 0.15) is 30.1 Å². The first kappa shape index (κ1) is 19.6. The van der Waals surface area contributed by atoms with Gasteiger partial charge in [-0.05, 0) is 54.6 Å². The molecule has 4 rings (SSSR count). The summed E-state index contributed by atoms with van der Waals surface area (Å²) >= 11 is 0. The Morgan fingerprint density at radius 2 is 1.93 bits per heavy atom. The van der Waals surface area contributed by atoms with Crippen molar-refractivity contribution in [1.29, 1.82) is 0 Å². The minimum absolute atomic E-state index is 0.0256. The second-order valence-corrected chi connectivity index (χ2v) is 7.15. The molecule has 1 saturated carbocycles. The fraction of sp³-hybridized carbons (Fsp3) is 0.318. The molecule has 3 atom stereocenters. The number of fused-ring (bicyclic) bond motifs is 1. The van der Waals surface area contributed by atoms with Gasteiger partial charge in [0.25, 0.3) is 0 Å². The van der Waals surface area contributed by atoms with E-state index in [0.29, 0.717) is 12.1 Å². The lowest BCUT2D eigenvalue weighted by atomic mass is 9.88. The van der Waals surface area contributed by atoms with Crippen LogP contribution in [0.25, 0.3) is 10.8 Å². The molecule has 1 aliphatic rings. The molecule has 3 nitrogen and oxygen atoms in total. The predicted molar refractivity (Wildman–Crippen MR) is 102 cm³/mol. The van der Waals surface area contributed by atoms with E-state index < -0.39 is 18.7 Å². The van der Waals surface area contributed by atoms with Crippen LogP contribution >= 0.6 is 0 Å². The summed E-state index contributed by atoms with van der Waals surface area (Å²) in [4.78, 5) is 4.06. The van der Waals surface area contributed by atoms with Gasteiger partial charge in [0.1, 0.15) is 30.2 Å². The molecule has 0 spiro atoms. The average Bonchev–Trinajstić information content (AvgIpc) is 2.73. The number of benzene rings is 2. The summed E-state index contributed by atoms with van der Waals surface area (Å²) in [7, 11) is 0. The van der Waals surface area contributed by atoms with E-state index in [-0.39, 0.29) is 29.3 Å². The highest BCUT2D eigenvalue weighted by Crippen LogP contribution is 2.31. The minimum Gasteiger partial charge on any atom is -0.489 e. The maximum absolute atomic E-state index is 14.3. The first-order valence-corrected chi connectivity index (χ1v) is 9.47. The van der Waals surface area contributed by atoms with E-state index in [1.54, 1.807) is 24.5 Å². The Morgan fingerprint density at radius 1 is 1.10 bits per heavy atom. The number of aromatic nitrogens is 1. The van der Waals surface area contributed by atoms with Crippen LogP contribution < -0.4 is 10.1 Å². The van der Waals surface area contributed by atoms with E-state index in [1.807, 2.05) is 0 Å². The normalized spacial score (nSPS) is 19.7. The number of rotatable bonds is 7. The third-order valence-corrected chi connectivity index (χ3v) is 5.35. The van der Waals surface area contributed by atoms with Gasteiger partial charge in [-0.1, -0.05) is 0 Å². The van der Waals surface area contributed by atoms with Crippen LogP contribution in [0, 0.1) is 11.6 Å². The van der Waals surface area contributed by atoms with Crippen molar-refractivity contribution in [1.82, 2.24) is 10.3 Å². The lowest BCUT2D eigenvalue weighted by molar-refractivity contribution is 0.0713. The molecule has 0 amide bonds. The summed E-state index contributed by atoms with van der Waals surface area (Å²) in [5.74, 6) is -0.806. The topological polar surface area (TPSA) is 34.1 Å². The summed E-state index contributed by atoms with van der Waals surface area (Å²) in [6, 6.07) is 8.55. The first-order valence-electron chi connectivity index (χ1n) is 9.47. The van der Waals surface area contributed by atoms with Gasteiger partial charge < -0.3 is 10.1 Å². The molecule has 152 valence electrons. The number of ether oxygens (including phenoxy) is 1. The smallest absolute Gasteiger partial charge is 0.156 e. The van der Waals surface area contributed by atoms with E-state index >= 15 is 0 Å². The molecule has 29 heavy (non-hydrogen) atoms. The fourth-order valence-electron chi connectivity index (χ4n) is 3.56. The number of halogens is 4. The maximum atomic E-state index is 14.3. The highest BCUT2D eigenvalue weighted by molar-refractivity contribution is 5.84. The van der Waals surface area contributed by atoms with E-state index in [4.69, 9.17) is 4.74 Å². The quantitative estimate of drug-likeness (QED) is 0.550.